The van der Waals surface area contributed by atoms with Gasteiger partial charge in [0.05, 0.1) is 11.5 Å². The Labute approximate surface area is 129 Å². The minimum atomic E-state index is -2.82. The highest BCUT2D eigenvalue weighted by atomic mass is 32.2. The van der Waals surface area contributed by atoms with E-state index in [1.54, 1.807) is 0 Å². The molecule has 6 heteroatoms. The van der Waals surface area contributed by atoms with E-state index in [1.807, 2.05) is 0 Å². The molecular formula is C15H30N2O3S. The third-order valence-corrected chi connectivity index (χ3v) is 6.36. The van der Waals surface area contributed by atoms with Crippen LogP contribution in [0.15, 0.2) is 0 Å². The Balaban J connectivity index is 1.97. The van der Waals surface area contributed by atoms with Crippen molar-refractivity contribution in [2.45, 2.75) is 39.2 Å². The second-order valence-corrected chi connectivity index (χ2v) is 9.23. The van der Waals surface area contributed by atoms with Crippen molar-refractivity contribution in [3.05, 3.63) is 0 Å². The predicted octanol–water partition coefficient (Wildman–Crippen LogP) is 0.902. The molecule has 2 heterocycles. The average molecular weight is 318 g/mol. The number of nitrogens with one attached hydrogen (secondary N) is 1. The Morgan fingerprint density at radius 3 is 2.57 bits per heavy atom. The van der Waals surface area contributed by atoms with Crippen LogP contribution in [0.3, 0.4) is 0 Å². The smallest absolute Gasteiger partial charge is 0.151 e. The quantitative estimate of drug-likeness (QED) is 0.816. The fraction of sp³-hybridized carbons (Fsp3) is 1.00. The van der Waals surface area contributed by atoms with Gasteiger partial charge >= 0.3 is 0 Å². The van der Waals surface area contributed by atoms with E-state index in [9.17, 15) is 8.42 Å². The molecule has 0 unspecified atom stereocenters. The third kappa shape index (κ3) is 5.51. The van der Waals surface area contributed by atoms with Crippen LogP contribution >= 0.6 is 0 Å². The summed E-state index contributed by atoms with van der Waals surface area (Å²) < 4.78 is 29.0. The highest BCUT2D eigenvalue weighted by Gasteiger charge is 2.35. The summed E-state index contributed by atoms with van der Waals surface area (Å²) >= 11 is 0. The van der Waals surface area contributed by atoms with Gasteiger partial charge in [-0.3, -0.25) is 0 Å². The largest absolute Gasteiger partial charge is 0.381 e. The molecular weight excluding hydrogens is 288 g/mol. The molecule has 0 bridgehead atoms. The van der Waals surface area contributed by atoms with Crippen molar-refractivity contribution < 1.29 is 13.2 Å². The van der Waals surface area contributed by atoms with Crippen LogP contribution in [0.4, 0.5) is 0 Å². The van der Waals surface area contributed by atoms with E-state index in [1.165, 1.54) is 0 Å². The van der Waals surface area contributed by atoms with Crippen LogP contribution in [-0.4, -0.2) is 70.3 Å². The highest BCUT2D eigenvalue weighted by molar-refractivity contribution is 7.91. The molecule has 2 aliphatic rings. The SMILES string of the molecule is CC(C)NCC1(CN2CCCS(=O)(=O)CC2)CCOCC1. The zero-order valence-electron chi connectivity index (χ0n) is 13.4. The first kappa shape index (κ1) is 17.2. The molecule has 0 aromatic rings. The van der Waals surface area contributed by atoms with Crippen LogP contribution in [0.2, 0.25) is 0 Å². The van der Waals surface area contributed by atoms with Crippen molar-refractivity contribution in [2.24, 2.45) is 5.41 Å². The Kier molecular flexibility index (Phi) is 6.05. The maximum atomic E-state index is 11.7. The van der Waals surface area contributed by atoms with Gasteiger partial charge in [-0.2, -0.15) is 0 Å². The monoisotopic (exact) mass is 318 g/mol. The summed E-state index contributed by atoms with van der Waals surface area (Å²) in [5.41, 5.74) is 0.233. The Morgan fingerprint density at radius 2 is 1.90 bits per heavy atom. The van der Waals surface area contributed by atoms with Crippen molar-refractivity contribution in [1.82, 2.24) is 10.2 Å². The second kappa shape index (κ2) is 7.40. The van der Waals surface area contributed by atoms with Crippen LogP contribution in [0.1, 0.15) is 33.1 Å². The van der Waals surface area contributed by atoms with Gasteiger partial charge in [0.15, 0.2) is 9.84 Å². The van der Waals surface area contributed by atoms with E-state index >= 15 is 0 Å². The summed E-state index contributed by atoms with van der Waals surface area (Å²) in [5.74, 6) is 0.668. The van der Waals surface area contributed by atoms with Crippen molar-refractivity contribution in [2.75, 3.05) is 50.9 Å². The number of hydrogen-bond acceptors (Lipinski definition) is 5. The molecule has 0 aromatic carbocycles. The lowest BCUT2D eigenvalue weighted by Crippen LogP contribution is -2.49. The molecule has 0 radical (unpaired) electrons. The van der Waals surface area contributed by atoms with Crippen LogP contribution in [0, 0.1) is 5.41 Å². The van der Waals surface area contributed by atoms with Crippen LogP contribution in [0.5, 0.6) is 0 Å². The van der Waals surface area contributed by atoms with Crippen molar-refractivity contribution >= 4 is 9.84 Å². The van der Waals surface area contributed by atoms with E-state index in [0.717, 1.165) is 52.1 Å². The van der Waals surface area contributed by atoms with E-state index in [4.69, 9.17) is 4.74 Å². The van der Waals surface area contributed by atoms with Crippen molar-refractivity contribution in [1.29, 1.82) is 0 Å². The molecule has 0 spiro atoms. The molecule has 2 fully saturated rings. The van der Waals surface area contributed by atoms with Gasteiger partial charge in [0.25, 0.3) is 0 Å². The van der Waals surface area contributed by atoms with E-state index in [0.29, 0.717) is 24.1 Å². The number of rotatable bonds is 5. The molecule has 2 rings (SSSR count). The topological polar surface area (TPSA) is 58.6 Å². The van der Waals surface area contributed by atoms with E-state index < -0.39 is 9.84 Å². The first-order chi connectivity index (χ1) is 9.91. The van der Waals surface area contributed by atoms with Crippen molar-refractivity contribution in [3.63, 3.8) is 0 Å². The molecule has 0 aromatic heterocycles. The molecule has 0 atom stereocenters. The normalized spacial score (nSPS) is 26.6. The van der Waals surface area contributed by atoms with Crippen LogP contribution < -0.4 is 5.32 Å². The standard InChI is InChI=1S/C15H30N2O3S/c1-14(2)16-12-15(4-8-20-9-5-15)13-17-6-3-10-21(18,19)11-7-17/h14,16H,3-13H2,1-2H3. The summed E-state index contributed by atoms with van der Waals surface area (Å²) in [6, 6.07) is 0.481. The maximum Gasteiger partial charge on any atom is 0.151 e. The summed E-state index contributed by atoms with van der Waals surface area (Å²) in [5, 5.41) is 3.58. The zero-order valence-corrected chi connectivity index (χ0v) is 14.3. The van der Waals surface area contributed by atoms with Crippen LogP contribution in [0.25, 0.3) is 0 Å². The van der Waals surface area contributed by atoms with E-state index in [2.05, 4.69) is 24.1 Å². The summed E-state index contributed by atoms with van der Waals surface area (Å²) in [4.78, 5) is 2.36. The van der Waals surface area contributed by atoms with Gasteiger partial charge in [-0.25, -0.2) is 8.42 Å². The van der Waals surface area contributed by atoms with Crippen molar-refractivity contribution in [3.8, 4) is 0 Å². The fourth-order valence-electron chi connectivity index (χ4n) is 3.24. The van der Waals surface area contributed by atoms with Gasteiger partial charge in [0, 0.05) is 38.9 Å². The lowest BCUT2D eigenvalue weighted by Gasteiger charge is -2.41. The molecule has 0 saturated carbocycles. The molecule has 2 saturated heterocycles. The van der Waals surface area contributed by atoms with Gasteiger partial charge in [-0.15, -0.1) is 0 Å². The minimum Gasteiger partial charge on any atom is -0.381 e. The number of sulfone groups is 1. The number of ether oxygens (including phenoxy) is 1. The Hall–Kier alpha value is -0.170. The zero-order chi connectivity index (χ0) is 15.3. The van der Waals surface area contributed by atoms with E-state index in [-0.39, 0.29) is 5.41 Å². The fourth-order valence-corrected chi connectivity index (χ4v) is 4.55. The van der Waals surface area contributed by atoms with Gasteiger partial charge in [-0.05, 0) is 31.2 Å². The molecule has 2 aliphatic heterocycles. The minimum absolute atomic E-state index is 0.233. The number of nitrogens with zero attached hydrogens (tertiary/aromatic N) is 1. The van der Waals surface area contributed by atoms with Crippen LogP contribution in [-0.2, 0) is 14.6 Å². The molecule has 21 heavy (non-hydrogen) atoms. The average Bonchev–Trinajstić information content (AvgIpc) is 2.59. The first-order valence-electron chi connectivity index (χ1n) is 8.15. The lowest BCUT2D eigenvalue weighted by molar-refractivity contribution is -0.00412. The van der Waals surface area contributed by atoms with Gasteiger partial charge in [0.1, 0.15) is 0 Å². The Morgan fingerprint density at radius 1 is 1.19 bits per heavy atom. The maximum absolute atomic E-state index is 11.7. The summed E-state index contributed by atoms with van der Waals surface area (Å²) in [6.45, 7) is 9.58. The molecule has 0 aliphatic carbocycles. The molecule has 5 nitrogen and oxygen atoms in total. The lowest BCUT2D eigenvalue weighted by atomic mass is 9.79. The summed E-state index contributed by atoms with van der Waals surface area (Å²) in [6.07, 6.45) is 2.90. The first-order valence-corrected chi connectivity index (χ1v) is 9.97. The number of hydrogen-bond donors (Lipinski definition) is 1. The summed E-state index contributed by atoms with van der Waals surface area (Å²) in [7, 11) is -2.82. The predicted molar refractivity (Wildman–Crippen MR) is 85.3 cm³/mol. The molecule has 1 N–H and O–H groups in total. The second-order valence-electron chi connectivity index (χ2n) is 6.93. The highest BCUT2D eigenvalue weighted by Crippen LogP contribution is 2.31. The van der Waals surface area contributed by atoms with Gasteiger partial charge in [0.2, 0.25) is 0 Å². The Bertz CT molecular complexity index is 417. The molecule has 124 valence electrons. The van der Waals surface area contributed by atoms with Gasteiger partial charge in [-0.1, -0.05) is 13.8 Å². The van der Waals surface area contributed by atoms with Gasteiger partial charge < -0.3 is 15.0 Å². The third-order valence-electron chi connectivity index (χ3n) is 4.65. The molecule has 0 amide bonds.